The molecule has 234 valence electrons. The molecule has 0 bridgehead atoms. The third kappa shape index (κ3) is 6.59. The number of amides is 2. The number of carboxylic acid groups (broad SMARTS) is 1. The van der Waals surface area contributed by atoms with Gasteiger partial charge in [0.2, 0.25) is 0 Å². The van der Waals surface area contributed by atoms with Gasteiger partial charge < -0.3 is 19.7 Å². The van der Waals surface area contributed by atoms with Crippen LogP contribution >= 0.6 is 0 Å². The monoisotopic (exact) mass is 599 g/mol. The van der Waals surface area contributed by atoms with Gasteiger partial charge in [0, 0.05) is 17.5 Å². The van der Waals surface area contributed by atoms with Crippen LogP contribution in [0.1, 0.15) is 113 Å². The number of furan rings is 1. The molecule has 1 saturated carbocycles. The van der Waals surface area contributed by atoms with E-state index in [4.69, 9.17) is 14.5 Å². The lowest BCUT2D eigenvalue weighted by Crippen LogP contribution is -2.51. The first kappa shape index (κ1) is 31.5. The minimum atomic E-state index is -0.958. The predicted octanol–water partition coefficient (Wildman–Crippen LogP) is 7.52. The summed E-state index contributed by atoms with van der Waals surface area (Å²) >= 11 is 0. The van der Waals surface area contributed by atoms with Gasteiger partial charge in [-0.25, -0.2) is 4.99 Å². The van der Waals surface area contributed by atoms with Gasteiger partial charge in [-0.1, -0.05) is 77.3 Å². The maximum absolute atomic E-state index is 14.6. The molecule has 2 heterocycles. The molecule has 1 atom stereocenters. The molecule has 0 unspecified atom stereocenters. The van der Waals surface area contributed by atoms with E-state index in [1.165, 1.54) is 0 Å². The Labute approximate surface area is 259 Å². The molecule has 44 heavy (non-hydrogen) atoms. The van der Waals surface area contributed by atoms with E-state index in [1.54, 1.807) is 12.1 Å². The third-order valence-electron chi connectivity index (χ3n) is 9.43. The molecular weight excluding hydrogens is 554 g/mol. The van der Waals surface area contributed by atoms with Crippen LogP contribution in [0.25, 0.3) is 11.0 Å². The fourth-order valence-electron chi connectivity index (χ4n) is 6.88. The summed E-state index contributed by atoms with van der Waals surface area (Å²) in [5, 5.41) is 12.5. The number of nitrogens with zero attached hydrogens (tertiary/aromatic N) is 2. The molecule has 0 saturated heterocycles. The first-order valence-electron chi connectivity index (χ1n) is 16.0. The van der Waals surface area contributed by atoms with Crippen molar-refractivity contribution in [2.24, 2.45) is 16.3 Å². The van der Waals surface area contributed by atoms with Crippen LogP contribution in [0.4, 0.5) is 0 Å². The standard InChI is InChI=1S/C36H45N3O5/c1-5-6-7-11-28(24-13-15-25(16-14-24)33(42)37-22-19-31(40)41)39-34(43)32(30-23-26-10-8-9-12-29(26)44-30)38-36(39)20-17-27(18-21-36)35(2,3)4/h8-10,12-16,23,27-28H,5-7,11,17-22H2,1-4H3,(H,37,42)(H,40,41)/t27?,28-,36?/m1/s1. The van der Waals surface area contributed by atoms with E-state index in [2.05, 4.69) is 33.0 Å². The summed E-state index contributed by atoms with van der Waals surface area (Å²) in [6.07, 6.45) is 7.29. The van der Waals surface area contributed by atoms with Crippen molar-refractivity contribution in [2.75, 3.05) is 6.54 Å². The maximum Gasteiger partial charge on any atom is 0.305 e. The summed E-state index contributed by atoms with van der Waals surface area (Å²) in [7, 11) is 0. The first-order valence-corrected chi connectivity index (χ1v) is 16.0. The van der Waals surface area contributed by atoms with Crippen molar-refractivity contribution in [3.05, 3.63) is 71.5 Å². The highest BCUT2D eigenvalue weighted by Gasteiger charge is 2.53. The van der Waals surface area contributed by atoms with E-state index < -0.39 is 11.6 Å². The molecule has 1 aliphatic heterocycles. The molecule has 1 spiro atoms. The Balaban J connectivity index is 1.50. The van der Waals surface area contributed by atoms with Crippen molar-refractivity contribution in [2.45, 2.75) is 97.2 Å². The smallest absolute Gasteiger partial charge is 0.305 e. The van der Waals surface area contributed by atoms with Crippen LogP contribution in [0, 0.1) is 11.3 Å². The molecule has 8 nitrogen and oxygen atoms in total. The Kier molecular flexibility index (Phi) is 9.28. The second kappa shape index (κ2) is 13.0. The molecule has 1 aliphatic carbocycles. The van der Waals surface area contributed by atoms with Crippen LogP contribution in [-0.4, -0.2) is 45.7 Å². The quantitative estimate of drug-likeness (QED) is 0.221. The lowest BCUT2D eigenvalue weighted by molar-refractivity contribution is -0.137. The molecular formula is C36H45N3O5. The van der Waals surface area contributed by atoms with Crippen molar-refractivity contribution >= 4 is 34.5 Å². The van der Waals surface area contributed by atoms with Gasteiger partial charge in [-0.2, -0.15) is 0 Å². The van der Waals surface area contributed by atoms with Crippen LogP contribution in [0.5, 0.6) is 0 Å². The van der Waals surface area contributed by atoms with Crippen LogP contribution < -0.4 is 5.32 Å². The number of carbonyl (C=O) groups is 3. The highest BCUT2D eigenvalue weighted by Crippen LogP contribution is 2.50. The number of nitrogens with one attached hydrogen (secondary N) is 1. The second-order valence-electron chi connectivity index (χ2n) is 13.4. The number of unbranched alkanes of at least 4 members (excludes halogenated alkanes) is 2. The highest BCUT2D eigenvalue weighted by molar-refractivity contribution is 6.46. The molecule has 1 aromatic heterocycles. The van der Waals surface area contributed by atoms with E-state index in [-0.39, 0.29) is 36.2 Å². The van der Waals surface area contributed by atoms with Crippen molar-refractivity contribution in [1.29, 1.82) is 0 Å². The van der Waals surface area contributed by atoms with Gasteiger partial charge >= 0.3 is 5.97 Å². The number of fused-ring (bicyclic) bond motifs is 1. The fraction of sp³-hybridized carbons (Fsp3) is 0.500. The Morgan fingerprint density at radius 1 is 1.09 bits per heavy atom. The Bertz CT molecular complexity index is 1490. The van der Waals surface area contributed by atoms with Gasteiger partial charge in [-0.15, -0.1) is 0 Å². The van der Waals surface area contributed by atoms with Crippen molar-refractivity contribution in [1.82, 2.24) is 10.2 Å². The number of rotatable bonds is 11. The molecule has 3 aromatic rings. The molecule has 2 amide bonds. The highest BCUT2D eigenvalue weighted by atomic mass is 16.4. The summed E-state index contributed by atoms with van der Waals surface area (Å²) in [4.78, 5) is 45.4. The number of aliphatic imine (C=N–C) groups is 1. The van der Waals surface area contributed by atoms with Crippen molar-refractivity contribution < 1.29 is 23.9 Å². The van der Waals surface area contributed by atoms with Gasteiger partial charge in [0.05, 0.1) is 12.5 Å². The average Bonchev–Trinajstić information content (AvgIpc) is 3.54. The minimum absolute atomic E-state index is 0.0673. The molecule has 0 radical (unpaired) electrons. The lowest BCUT2D eigenvalue weighted by Gasteiger charge is -2.47. The average molecular weight is 600 g/mol. The normalized spacial score (nSPS) is 21.1. The topological polar surface area (TPSA) is 112 Å². The summed E-state index contributed by atoms with van der Waals surface area (Å²) in [6, 6.07) is 16.9. The lowest BCUT2D eigenvalue weighted by atomic mass is 9.69. The summed E-state index contributed by atoms with van der Waals surface area (Å²) in [5.74, 6) is -0.314. The van der Waals surface area contributed by atoms with Crippen LogP contribution in [0.3, 0.4) is 0 Å². The number of benzene rings is 2. The van der Waals surface area contributed by atoms with Gasteiger partial charge in [0.15, 0.2) is 11.5 Å². The molecule has 1 fully saturated rings. The van der Waals surface area contributed by atoms with Crippen molar-refractivity contribution in [3.8, 4) is 0 Å². The van der Waals surface area contributed by atoms with Crippen LogP contribution in [-0.2, 0) is 9.59 Å². The minimum Gasteiger partial charge on any atom is -0.481 e. The van der Waals surface area contributed by atoms with Gasteiger partial charge in [0.25, 0.3) is 11.8 Å². The second-order valence-corrected chi connectivity index (χ2v) is 13.4. The number of hydrogen-bond donors (Lipinski definition) is 2. The van der Waals surface area contributed by atoms with Crippen molar-refractivity contribution in [3.63, 3.8) is 0 Å². The Hall–Kier alpha value is -3.94. The maximum atomic E-state index is 14.6. The van der Waals surface area contributed by atoms with Crippen LogP contribution in [0.2, 0.25) is 0 Å². The first-order chi connectivity index (χ1) is 21.0. The Morgan fingerprint density at radius 2 is 1.80 bits per heavy atom. The van der Waals surface area contributed by atoms with E-state index in [1.807, 2.05) is 47.4 Å². The Morgan fingerprint density at radius 3 is 2.43 bits per heavy atom. The molecule has 5 rings (SSSR count). The summed E-state index contributed by atoms with van der Waals surface area (Å²) < 4.78 is 6.19. The van der Waals surface area contributed by atoms with E-state index >= 15 is 0 Å². The number of hydrogen-bond acceptors (Lipinski definition) is 5. The van der Waals surface area contributed by atoms with Gasteiger partial charge in [-0.3, -0.25) is 14.4 Å². The number of carboxylic acids is 1. The van der Waals surface area contributed by atoms with E-state index in [0.717, 1.165) is 67.9 Å². The predicted molar refractivity (Wildman–Crippen MR) is 172 cm³/mol. The fourth-order valence-corrected chi connectivity index (χ4v) is 6.88. The third-order valence-corrected chi connectivity index (χ3v) is 9.43. The SMILES string of the molecule is CCCCC[C@H](c1ccc(C(=O)NCCC(=O)O)cc1)N1C(=O)C(c2cc3ccccc3o2)=NC12CCC(C(C)(C)C)CC2. The van der Waals surface area contributed by atoms with E-state index in [0.29, 0.717) is 23.0 Å². The number of aliphatic carboxylic acids is 1. The van der Waals surface area contributed by atoms with E-state index in [9.17, 15) is 14.4 Å². The van der Waals surface area contributed by atoms with Gasteiger partial charge in [-0.05, 0) is 73.3 Å². The van der Waals surface area contributed by atoms with Gasteiger partial charge in [0.1, 0.15) is 11.2 Å². The molecule has 2 aromatic carbocycles. The largest absolute Gasteiger partial charge is 0.481 e. The molecule has 2 N–H and O–H groups in total. The summed E-state index contributed by atoms with van der Waals surface area (Å²) in [5.41, 5.74) is 2.08. The number of para-hydroxylation sites is 1. The zero-order chi connectivity index (χ0) is 31.5. The molecule has 8 heteroatoms. The molecule has 2 aliphatic rings. The van der Waals surface area contributed by atoms with Crippen LogP contribution in [0.15, 0.2) is 64.0 Å². The zero-order valence-corrected chi connectivity index (χ0v) is 26.4. The number of carbonyl (C=O) groups excluding carboxylic acids is 2. The summed E-state index contributed by atoms with van der Waals surface area (Å²) in [6.45, 7) is 9.12. The zero-order valence-electron chi connectivity index (χ0n) is 26.4.